The number of thioether (sulfide) groups is 1. The molecule has 0 aromatic carbocycles. The zero-order valence-electron chi connectivity index (χ0n) is 17.5. The van der Waals surface area contributed by atoms with E-state index in [-0.39, 0.29) is 35.6 Å². The molecule has 9 heteroatoms. The fourth-order valence-electron chi connectivity index (χ4n) is 3.18. The first kappa shape index (κ1) is 22.5. The van der Waals surface area contributed by atoms with Crippen LogP contribution in [0, 0.1) is 12.8 Å². The molecule has 1 atom stereocenters. The van der Waals surface area contributed by atoms with Gasteiger partial charge in [-0.1, -0.05) is 50.8 Å². The molecule has 2 N–H and O–H groups in total. The number of aromatic nitrogens is 2. The lowest BCUT2D eigenvalue weighted by molar-refractivity contribution is -0.122. The minimum atomic E-state index is -0.284. The minimum Gasteiger partial charge on any atom is -0.394 e. The molecule has 2 aromatic heterocycles. The number of anilines is 1. The minimum absolute atomic E-state index is 0.0960. The molecule has 2 aromatic rings. The highest BCUT2D eigenvalue weighted by Gasteiger charge is 2.33. The maximum absolute atomic E-state index is 13.3. The SMILES string of the molecule is CC[C@H](CO)Nc1nc2c(C)cccn2c(=O)c1/C=C1/SC(=S)N(CC(C)C)C1=O. The number of amides is 1. The van der Waals surface area contributed by atoms with Crippen molar-refractivity contribution in [2.45, 2.75) is 40.2 Å². The summed E-state index contributed by atoms with van der Waals surface area (Å²) >= 11 is 6.57. The summed E-state index contributed by atoms with van der Waals surface area (Å²) in [5.74, 6) is 0.423. The lowest BCUT2D eigenvalue weighted by Crippen LogP contribution is -2.31. The molecule has 0 bridgehead atoms. The molecular weight excluding hydrogens is 420 g/mol. The molecule has 160 valence electrons. The fourth-order valence-corrected chi connectivity index (χ4v) is 4.43. The number of rotatable bonds is 7. The van der Waals surface area contributed by atoms with Crippen LogP contribution in [-0.2, 0) is 4.79 Å². The topological polar surface area (TPSA) is 86.9 Å². The monoisotopic (exact) mass is 446 g/mol. The van der Waals surface area contributed by atoms with Crippen molar-refractivity contribution in [3.05, 3.63) is 44.7 Å². The Morgan fingerprint density at radius 1 is 1.37 bits per heavy atom. The van der Waals surface area contributed by atoms with Crippen molar-refractivity contribution >= 4 is 51.7 Å². The summed E-state index contributed by atoms with van der Waals surface area (Å²) in [6, 6.07) is 3.41. The van der Waals surface area contributed by atoms with Crippen LogP contribution in [0.4, 0.5) is 5.82 Å². The Labute approximate surface area is 185 Å². The van der Waals surface area contributed by atoms with Gasteiger partial charge in [-0.15, -0.1) is 0 Å². The third-order valence-electron chi connectivity index (χ3n) is 4.84. The van der Waals surface area contributed by atoms with Gasteiger partial charge >= 0.3 is 0 Å². The third kappa shape index (κ3) is 4.43. The zero-order valence-corrected chi connectivity index (χ0v) is 19.1. The molecule has 3 heterocycles. The molecule has 30 heavy (non-hydrogen) atoms. The molecule has 0 saturated carbocycles. The van der Waals surface area contributed by atoms with E-state index in [1.54, 1.807) is 23.2 Å². The number of pyridine rings is 1. The molecular formula is C21H26N4O3S2. The molecule has 0 unspecified atom stereocenters. The Bertz CT molecular complexity index is 1070. The molecule has 1 aliphatic heterocycles. The van der Waals surface area contributed by atoms with Crippen molar-refractivity contribution in [3.63, 3.8) is 0 Å². The summed E-state index contributed by atoms with van der Waals surface area (Å²) < 4.78 is 1.96. The number of hydrogen-bond donors (Lipinski definition) is 2. The van der Waals surface area contributed by atoms with Gasteiger partial charge < -0.3 is 10.4 Å². The number of nitrogens with zero attached hydrogens (tertiary/aromatic N) is 3. The second kappa shape index (κ2) is 9.28. The van der Waals surface area contributed by atoms with Crippen LogP contribution >= 0.6 is 24.0 Å². The highest BCUT2D eigenvalue weighted by molar-refractivity contribution is 8.26. The fraction of sp³-hybridized carbons (Fsp3) is 0.429. The van der Waals surface area contributed by atoms with E-state index in [1.165, 1.54) is 16.2 Å². The van der Waals surface area contributed by atoms with E-state index < -0.39 is 0 Å². The lowest BCUT2D eigenvalue weighted by atomic mass is 10.2. The Morgan fingerprint density at radius 2 is 2.10 bits per heavy atom. The quantitative estimate of drug-likeness (QED) is 0.499. The van der Waals surface area contributed by atoms with Crippen molar-refractivity contribution in [2.75, 3.05) is 18.5 Å². The van der Waals surface area contributed by atoms with Crippen molar-refractivity contribution in [3.8, 4) is 0 Å². The first-order valence-corrected chi connectivity index (χ1v) is 11.1. The number of carbonyl (C=O) groups is 1. The molecule has 7 nitrogen and oxygen atoms in total. The third-order valence-corrected chi connectivity index (χ3v) is 6.21. The number of nitrogens with one attached hydrogen (secondary N) is 1. The van der Waals surface area contributed by atoms with Gasteiger partial charge in [-0.25, -0.2) is 4.98 Å². The van der Waals surface area contributed by atoms with Gasteiger partial charge in [-0.2, -0.15) is 0 Å². The van der Waals surface area contributed by atoms with Crippen molar-refractivity contribution < 1.29 is 9.90 Å². The Kier molecular flexibility index (Phi) is 6.95. The molecule has 1 saturated heterocycles. The van der Waals surface area contributed by atoms with E-state index >= 15 is 0 Å². The molecule has 1 aliphatic rings. The summed E-state index contributed by atoms with van der Waals surface area (Å²) in [6.07, 6.45) is 3.88. The van der Waals surface area contributed by atoms with Gasteiger partial charge in [0.15, 0.2) is 0 Å². The number of fused-ring (bicyclic) bond motifs is 1. The standard InChI is InChI=1S/C21H26N4O3S2/c1-5-14(11-26)22-17-15(19(27)24-8-6-7-13(4)18(24)23-17)9-16-20(28)25(10-12(2)3)21(29)30-16/h6-9,12,14,22,26H,5,10-11H2,1-4H3/b16-9+/t14-/m1/s1. The summed E-state index contributed by atoms with van der Waals surface area (Å²) in [4.78, 5) is 32.8. The van der Waals surface area contributed by atoms with Gasteiger partial charge in [-0.05, 0) is 37.0 Å². The van der Waals surface area contributed by atoms with Crippen molar-refractivity contribution in [1.82, 2.24) is 14.3 Å². The number of aliphatic hydroxyl groups excluding tert-OH is 1. The highest BCUT2D eigenvalue weighted by atomic mass is 32.2. The predicted octanol–water partition coefficient (Wildman–Crippen LogP) is 3.04. The summed E-state index contributed by atoms with van der Waals surface area (Å²) in [6.45, 7) is 8.29. The smallest absolute Gasteiger partial charge is 0.267 e. The van der Waals surface area contributed by atoms with E-state index in [0.29, 0.717) is 33.7 Å². The first-order valence-electron chi connectivity index (χ1n) is 9.91. The average Bonchev–Trinajstić information content (AvgIpc) is 2.96. The Hall–Kier alpha value is -2.23. The van der Waals surface area contributed by atoms with E-state index in [2.05, 4.69) is 10.3 Å². The van der Waals surface area contributed by atoms with Gasteiger partial charge in [0.1, 0.15) is 15.8 Å². The molecule has 3 rings (SSSR count). The number of hydrogen-bond acceptors (Lipinski definition) is 7. The number of aliphatic hydroxyl groups is 1. The van der Waals surface area contributed by atoms with Crippen molar-refractivity contribution in [2.24, 2.45) is 5.92 Å². The highest BCUT2D eigenvalue weighted by Crippen LogP contribution is 2.33. The zero-order chi connectivity index (χ0) is 22.0. The Balaban J connectivity index is 2.15. The average molecular weight is 447 g/mol. The van der Waals surface area contributed by atoms with Crippen LogP contribution in [0.25, 0.3) is 11.7 Å². The van der Waals surface area contributed by atoms with Gasteiger partial charge in [-0.3, -0.25) is 18.9 Å². The number of aryl methyl sites for hydroxylation is 1. The van der Waals surface area contributed by atoms with Crippen molar-refractivity contribution in [1.29, 1.82) is 0 Å². The molecule has 0 radical (unpaired) electrons. The maximum Gasteiger partial charge on any atom is 0.267 e. The first-order chi connectivity index (χ1) is 14.3. The van der Waals surface area contributed by atoms with Crippen LogP contribution in [0.3, 0.4) is 0 Å². The normalized spacial score (nSPS) is 16.9. The van der Waals surface area contributed by atoms with Gasteiger partial charge in [0, 0.05) is 12.7 Å². The van der Waals surface area contributed by atoms with Gasteiger partial charge in [0.05, 0.1) is 23.1 Å². The van der Waals surface area contributed by atoms with Gasteiger partial charge in [0.2, 0.25) is 0 Å². The second-order valence-corrected chi connectivity index (χ2v) is 9.36. The summed E-state index contributed by atoms with van der Waals surface area (Å²) in [5.41, 5.74) is 1.37. The predicted molar refractivity (Wildman–Crippen MR) is 126 cm³/mol. The van der Waals surface area contributed by atoms with Crippen LogP contribution in [0.1, 0.15) is 38.3 Å². The Morgan fingerprint density at radius 3 is 2.73 bits per heavy atom. The summed E-state index contributed by atoms with van der Waals surface area (Å²) in [5, 5.41) is 12.8. The summed E-state index contributed by atoms with van der Waals surface area (Å²) in [7, 11) is 0. The number of thiocarbonyl (C=S) groups is 1. The maximum atomic E-state index is 13.3. The molecule has 0 aliphatic carbocycles. The van der Waals surface area contributed by atoms with Crippen LogP contribution in [0.5, 0.6) is 0 Å². The van der Waals surface area contributed by atoms with E-state index in [0.717, 1.165) is 5.56 Å². The number of carbonyl (C=O) groups excluding carboxylic acids is 1. The van der Waals surface area contributed by atoms with Gasteiger partial charge in [0.25, 0.3) is 11.5 Å². The van der Waals surface area contributed by atoms with Crippen LogP contribution in [0.2, 0.25) is 0 Å². The van der Waals surface area contributed by atoms with Crippen LogP contribution < -0.4 is 10.9 Å². The van der Waals surface area contributed by atoms with E-state index in [4.69, 9.17) is 12.2 Å². The lowest BCUT2D eigenvalue weighted by Gasteiger charge is -2.18. The second-order valence-electron chi connectivity index (χ2n) is 7.68. The molecule has 1 fully saturated rings. The molecule has 1 amide bonds. The molecule has 0 spiro atoms. The van der Waals surface area contributed by atoms with E-state index in [1.807, 2.05) is 33.8 Å². The van der Waals surface area contributed by atoms with E-state index in [9.17, 15) is 14.7 Å². The van der Waals surface area contributed by atoms with Crippen LogP contribution in [-0.4, -0.2) is 48.8 Å². The van der Waals surface area contributed by atoms with Crippen LogP contribution in [0.15, 0.2) is 28.0 Å². The largest absolute Gasteiger partial charge is 0.394 e.